The van der Waals surface area contributed by atoms with Gasteiger partial charge in [0.05, 0.1) is 0 Å². The lowest BCUT2D eigenvalue weighted by Crippen LogP contribution is -2.30. The molecule has 2 unspecified atom stereocenters. The van der Waals surface area contributed by atoms with Crippen LogP contribution in [0.4, 0.5) is 0 Å². The van der Waals surface area contributed by atoms with Gasteiger partial charge in [-0.05, 0) is 61.9 Å². The van der Waals surface area contributed by atoms with Crippen molar-refractivity contribution in [1.29, 1.82) is 0 Å². The highest BCUT2D eigenvalue weighted by atomic mass is 16.6. The molecule has 1 aromatic heterocycles. The molecule has 38 heavy (non-hydrogen) atoms. The van der Waals surface area contributed by atoms with Gasteiger partial charge in [0, 0.05) is 24.6 Å². The molecule has 1 heterocycles. The molecule has 0 bridgehead atoms. The minimum absolute atomic E-state index is 0.277. The number of nitrogens with zero attached hydrogens (tertiary/aromatic N) is 2. The molecule has 0 aliphatic heterocycles. The van der Waals surface area contributed by atoms with Crippen molar-refractivity contribution in [2.45, 2.75) is 84.8 Å². The minimum atomic E-state index is -0.569. The van der Waals surface area contributed by atoms with Crippen LogP contribution in [0.2, 0.25) is 0 Å². The Kier molecular flexibility index (Phi) is 12.2. The molecule has 0 aliphatic carbocycles. The minimum Gasteiger partial charge on any atom is -0.490 e. The molecule has 0 amide bonds. The summed E-state index contributed by atoms with van der Waals surface area (Å²) in [6.07, 6.45) is 10.9. The molecule has 0 N–H and O–H groups in total. The third-order valence-corrected chi connectivity index (χ3v) is 6.35. The van der Waals surface area contributed by atoms with Gasteiger partial charge in [0.15, 0.2) is 11.9 Å². The summed E-state index contributed by atoms with van der Waals surface area (Å²) < 4.78 is 16.8. The Morgan fingerprint density at radius 1 is 0.789 bits per heavy atom. The maximum absolute atomic E-state index is 12.1. The molecule has 0 fully saturated rings. The van der Waals surface area contributed by atoms with Crippen LogP contribution in [0.1, 0.15) is 71.8 Å². The zero-order valence-electron chi connectivity index (χ0n) is 23.3. The quantitative estimate of drug-likeness (QED) is 0.145. The molecule has 2 atom stereocenters. The van der Waals surface area contributed by atoms with E-state index in [-0.39, 0.29) is 18.7 Å². The van der Waals surface area contributed by atoms with Gasteiger partial charge in [-0.25, -0.2) is 14.8 Å². The number of rotatable bonds is 16. The lowest BCUT2D eigenvalue weighted by Gasteiger charge is -2.18. The van der Waals surface area contributed by atoms with Crippen LogP contribution in [-0.4, -0.2) is 41.4 Å². The Morgan fingerprint density at radius 3 is 2.03 bits per heavy atom. The first kappa shape index (κ1) is 29.3. The van der Waals surface area contributed by atoms with Crippen molar-refractivity contribution in [3.63, 3.8) is 0 Å². The third kappa shape index (κ3) is 9.56. The van der Waals surface area contributed by atoms with Crippen molar-refractivity contribution in [3.8, 4) is 28.3 Å². The summed E-state index contributed by atoms with van der Waals surface area (Å²) in [6.45, 7) is 8.68. The number of esters is 1. The molecule has 0 spiro atoms. The van der Waals surface area contributed by atoms with Crippen LogP contribution in [0.5, 0.6) is 5.75 Å². The number of aromatic nitrogens is 2. The number of aryl methyl sites for hydroxylation is 1. The van der Waals surface area contributed by atoms with E-state index in [1.54, 1.807) is 6.92 Å². The molecule has 6 heteroatoms. The molecular weight excluding hydrogens is 476 g/mol. The molecular formula is C32H42N2O4. The highest BCUT2D eigenvalue weighted by Gasteiger charge is 2.18. The predicted octanol–water partition coefficient (Wildman–Crippen LogP) is 7.45. The number of hydrogen-bond donors (Lipinski definition) is 0. The monoisotopic (exact) mass is 518 g/mol. The van der Waals surface area contributed by atoms with E-state index >= 15 is 0 Å². The van der Waals surface area contributed by atoms with Gasteiger partial charge in [-0.15, -0.1) is 0 Å². The van der Waals surface area contributed by atoms with E-state index in [1.807, 2.05) is 43.6 Å². The summed E-state index contributed by atoms with van der Waals surface area (Å²) in [4.78, 5) is 21.3. The zero-order valence-corrected chi connectivity index (χ0v) is 23.3. The van der Waals surface area contributed by atoms with Crippen LogP contribution in [0.15, 0.2) is 60.9 Å². The maximum Gasteiger partial charge on any atom is 0.335 e. The van der Waals surface area contributed by atoms with Crippen molar-refractivity contribution in [3.05, 3.63) is 66.5 Å². The summed E-state index contributed by atoms with van der Waals surface area (Å²) >= 11 is 0. The van der Waals surface area contributed by atoms with Crippen LogP contribution >= 0.6 is 0 Å². The van der Waals surface area contributed by atoms with Gasteiger partial charge in [0.2, 0.25) is 0 Å². The van der Waals surface area contributed by atoms with Gasteiger partial charge in [-0.3, -0.25) is 0 Å². The molecule has 6 nitrogen and oxygen atoms in total. The lowest BCUT2D eigenvalue weighted by molar-refractivity contribution is -0.162. The van der Waals surface area contributed by atoms with E-state index in [9.17, 15) is 4.79 Å². The number of carbonyl (C=O) groups is 1. The van der Waals surface area contributed by atoms with Crippen LogP contribution in [0.3, 0.4) is 0 Å². The Labute approximate surface area is 227 Å². The number of hydrogen-bond acceptors (Lipinski definition) is 6. The predicted molar refractivity (Wildman–Crippen MR) is 152 cm³/mol. The van der Waals surface area contributed by atoms with Gasteiger partial charge in [0.1, 0.15) is 18.5 Å². The molecule has 0 radical (unpaired) electrons. The van der Waals surface area contributed by atoms with Crippen LogP contribution < -0.4 is 4.74 Å². The van der Waals surface area contributed by atoms with Crippen molar-refractivity contribution in [2.75, 3.05) is 13.2 Å². The van der Waals surface area contributed by atoms with Crippen molar-refractivity contribution >= 4 is 5.97 Å². The largest absolute Gasteiger partial charge is 0.490 e. The Morgan fingerprint density at radius 2 is 1.39 bits per heavy atom. The van der Waals surface area contributed by atoms with Crippen molar-refractivity contribution in [1.82, 2.24) is 9.97 Å². The fourth-order valence-corrected chi connectivity index (χ4v) is 3.96. The number of carbonyl (C=O) groups excluding carboxylic acids is 1. The second-order valence-corrected chi connectivity index (χ2v) is 9.75. The van der Waals surface area contributed by atoms with E-state index in [0.717, 1.165) is 47.5 Å². The second kappa shape index (κ2) is 15.9. The van der Waals surface area contributed by atoms with Gasteiger partial charge < -0.3 is 14.2 Å². The fraction of sp³-hybridized carbons (Fsp3) is 0.469. The molecule has 0 saturated carbocycles. The summed E-state index contributed by atoms with van der Waals surface area (Å²) in [6, 6.07) is 16.2. The number of ether oxygens (including phenoxy) is 3. The highest BCUT2D eigenvalue weighted by molar-refractivity contribution is 5.74. The van der Waals surface area contributed by atoms with Crippen LogP contribution in [-0.2, 0) is 20.7 Å². The fourth-order valence-electron chi connectivity index (χ4n) is 3.96. The van der Waals surface area contributed by atoms with E-state index in [1.165, 1.54) is 31.2 Å². The smallest absolute Gasteiger partial charge is 0.335 e. The molecule has 3 aromatic rings. The van der Waals surface area contributed by atoms with E-state index in [2.05, 4.69) is 48.1 Å². The summed E-state index contributed by atoms with van der Waals surface area (Å²) in [5, 5.41) is 0. The number of unbranched alkanes of at least 4 members (excludes halogenated alkanes) is 4. The van der Waals surface area contributed by atoms with E-state index in [0.29, 0.717) is 6.61 Å². The zero-order chi connectivity index (χ0) is 27.2. The summed E-state index contributed by atoms with van der Waals surface area (Å²) in [5.74, 6) is 1.11. The topological polar surface area (TPSA) is 70.5 Å². The molecule has 204 valence electrons. The lowest BCUT2D eigenvalue weighted by atomic mass is 10.0. The first-order valence-corrected chi connectivity index (χ1v) is 14.0. The van der Waals surface area contributed by atoms with Crippen molar-refractivity contribution in [2.24, 2.45) is 0 Å². The summed E-state index contributed by atoms with van der Waals surface area (Å²) in [7, 11) is 0. The van der Waals surface area contributed by atoms with Gasteiger partial charge >= 0.3 is 5.97 Å². The first-order valence-electron chi connectivity index (χ1n) is 14.0. The third-order valence-electron chi connectivity index (χ3n) is 6.35. The molecule has 3 rings (SSSR count). The second-order valence-electron chi connectivity index (χ2n) is 9.75. The summed E-state index contributed by atoms with van der Waals surface area (Å²) in [5.41, 5.74) is 4.39. The average Bonchev–Trinajstić information content (AvgIpc) is 2.95. The maximum atomic E-state index is 12.1. The number of benzene rings is 2. The SMILES string of the molecule is CCCCCCc1cnc(-c2ccc(-c3ccc(OCC(C)OC(=O)C(C)OCCCC)cc3)cc2)nc1. The molecule has 0 saturated heterocycles. The Balaban J connectivity index is 1.47. The Bertz CT molecular complexity index is 1080. The average molecular weight is 519 g/mol. The van der Waals surface area contributed by atoms with E-state index in [4.69, 9.17) is 14.2 Å². The van der Waals surface area contributed by atoms with Crippen LogP contribution in [0, 0.1) is 0 Å². The van der Waals surface area contributed by atoms with Gasteiger partial charge in [0.25, 0.3) is 0 Å². The van der Waals surface area contributed by atoms with E-state index < -0.39 is 6.10 Å². The normalized spacial score (nSPS) is 12.6. The van der Waals surface area contributed by atoms with Gasteiger partial charge in [-0.2, -0.15) is 0 Å². The van der Waals surface area contributed by atoms with Crippen molar-refractivity contribution < 1.29 is 19.0 Å². The molecule has 2 aromatic carbocycles. The first-order chi connectivity index (χ1) is 18.5. The van der Waals surface area contributed by atoms with Gasteiger partial charge in [-0.1, -0.05) is 75.9 Å². The standard InChI is InChI=1S/C32H42N2O4/c1-5-7-9-10-11-26-21-33-31(34-22-26)29-14-12-27(13-15-29)28-16-18-30(19-17-28)37-23-24(3)38-32(35)25(4)36-20-8-6-2/h12-19,21-22,24-25H,5-11,20,23H2,1-4H3. The Hall–Kier alpha value is -3.25. The van der Waals surface area contributed by atoms with Crippen LogP contribution in [0.25, 0.3) is 22.5 Å². The molecule has 0 aliphatic rings. The highest BCUT2D eigenvalue weighted by Crippen LogP contribution is 2.25.